The summed E-state index contributed by atoms with van der Waals surface area (Å²) in [7, 11) is 1.67. The van der Waals surface area contributed by atoms with Crippen LogP contribution in [0.5, 0.6) is 5.75 Å². The molecule has 2 rings (SSSR count). The third-order valence-corrected chi connectivity index (χ3v) is 2.97. The van der Waals surface area contributed by atoms with Crippen molar-refractivity contribution in [3.05, 3.63) is 65.2 Å². The predicted octanol–water partition coefficient (Wildman–Crippen LogP) is 3.47. The summed E-state index contributed by atoms with van der Waals surface area (Å²) in [5, 5.41) is 0. The molecule has 2 N–H and O–H groups in total. The Labute approximate surface area is 114 Å². The van der Waals surface area contributed by atoms with Crippen molar-refractivity contribution in [1.82, 2.24) is 0 Å². The van der Waals surface area contributed by atoms with Gasteiger partial charge >= 0.3 is 0 Å². The molecule has 0 fully saturated rings. The Kier molecular flexibility index (Phi) is 5.20. The van der Waals surface area contributed by atoms with Crippen molar-refractivity contribution in [2.45, 2.75) is 13.0 Å². The number of nitrogens with two attached hydrogens (primary N) is 1. The average Bonchev–Trinajstić information content (AvgIpc) is 2.39. The molecule has 0 radical (unpaired) electrons. The van der Waals surface area contributed by atoms with Crippen molar-refractivity contribution in [3.8, 4) is 5.75 Å². The number of rotatable bonds is 3. The van der Waals surface area contributed by atoms with Gasteiger partial charge in [0.05, 0.1) is 13.2 Å². The summed E-state index contributed by atoms with van der Waals surface area (Å²) < 4.78 is 5.19. The van der Waals surface area contributed by atoms with Gasteiger partial charge in [-0.1, -0.05) is 36.4 Å². The van der Waals surface area contributed by atoms with Gasteiger partial charge in [0.25, 0.3) is 0 Å². The molecule has 0 bridgehead atoms. The van der Waals surface area contributed by atoms with Crippen LogP contribution in [-0.2, 0) is 0 Å². The quantitative estimate of drug-likeness (QED) is 0.920. The van der Waals surface area contributed by atoms with Crippen LogP contribution in [0.2, 0.25) is 0 Å². The smallest absolute Gasteiger partial charge is 0.119 e. The maximum atomic E-state index is 6.27. The van der Waals surface area contributed by atoms with Gasteiger partial charge in [-0.05, 0) is 35.7 Å². The number of aryl methyl sites for hydroxylation is 1. The lowest BCUT2D eigenvalue weighted by atomic mass is 9.96. The van der Waals surface area contributed by atoms with Crippen LogP contribution in [0.25, 0.3) is 0 Å². The summed E-state index contributed by atoms with van der Waals surface area (Å²) in [4.78, 5) is 0. The van der Waals surface area contributed by atoms with E-state index in [2.05, 4.69) is 6.92 Å². The van der Waals surface area contributed by atoms with Gasteiger partial charge < -0.3 is 10.5 Å². The number of ether oxygens (including phenoxy) is 1. The molecule has 0 aliphatic carbocycles. The number of benzene rings is 2. The molecule has 0 spiro atoms. The minimum absolute atomic E-state index is 0. The lowest BCUT2D eigenvalue weighted by molar-refractivity contribution is 0.414. The fourth-order valence-electron chi connectivity index (χ4n) is 1.96. The first-order valence-electron chi connectivity index (χ1n) is 5.67. The molecule has 0 saturated carbocycles. The first-order valence-corrected chi connectivity index (χ1v) is 5.67. The topological polar surface area (TPSA) is 35.2 Å². The Bertz CT molecular complexity index is 499. The van der Waals surface area contributed by atoms with Crippen LogP contribution in [0.15, 0.2) is 48.5 Å². The molecule has 2 aromatic rings. The average molecular weight is 264 g/mol. The molecule has 1 atom stereocenters. The highest BCUT2D eigenvalue weighted by Gasteiger charge is 2.11. The van der Waals surface area contributed by atoms with Crippen molar-refractivity contribution >= 4 is 12.4 Å². The van der Waals surface area contributed by atoms with Crippen LogP contribution >= 0.6 is 12.4 Å². The van der Waals surface area contributed by atoms with Crippen LogP contribution in [0.3, 0.4) is 0 Å². The number of hydrogen-bond acceptors (Lipinski definition) is 2. The van der Waals surface area contributed by atoms with Gasteiger partial charge in [-0.25, -0.2) is 0 Å². The molecular formula is C15H18ClNO. The van der Waals surface area contributed by atoms with E-state index in [-0.39, 0.29) is 18.4 Å². The summed E-state index contributed by atoms with van der Waals surface area (Å²) in [5.41, 5.74) is 9.68. The lowest BCUT2D eigenvalue weighted by Gasteiger charge is -2.16. The van der Waals surface area contributed by atoms with Crippen LogP contribution in [0.1, 0.15) is 22.7 Å². The van der Waals surface area contributed by atoms with Crippen molar-refractivity contribution in [2.24, 2.45) is 5.73 Å². The van der Waals surface area contributed by atoms with Crippen LogP contribution < -0.4 is 10.5 Å². The van der Waals surface area contributed by atoms with E-state index in [9.17, 15) is 0 Å². The fourth-order valence-corrected chi connectivity index (χ4v) is 1.96. The van der Waals surface area contributed by atoms with Gasteiger partial charge in [-0.2, -0.15) is 0 Å². The normalized spacial score (nSPS) is 11.5. The highest BCUT2D eigenvalue weighted by Crippen LogP contribution is 2.25. The predicted molar refractivity (Wildman–Crippen MR) is 77.5 cm³/mol. The molecule has 2 nitrogen and oxygen atoms in total. The standard InChI is InChI=1S/C15H17NO.ClH/c1-11-10-13(17-2)8-9-14(11)15(16)12-6-4-3-5-7-12;/h3-10,15H,16H2,1-2H3;1H. The van der Waals surface area contributed by atoms with Crippen LogP contribution in [0, 0.1) is 6.92 Å². The maximum absolute atomic E-state index is 6.27. The molecule has 0 amide bonds. The van der Waals surface area contributed by atoms with E-state index in [0.29, 0.717) is 0 Å². The van der Waals surface area contributed by atoms with Gasteiger partial charge in [0.2, 0.25) is 0 Å². The Morgan fingerprint density at radius 2 is 1.72 bits per heavy atom. The molecule has 0 aliphatic heterocycles. The molecule has 18 heavy (non-hydrogen) atoms. The Balaban J connectivity index is 0.00000162. The lowest BCUT2D eigenvalue weighted by Crippen LogP contribution is -2.13. The molecule has 3 heteroatoms. The van der Waals surface area contributed by atoms with Gasteiger partial charge in [0.15, 0.2) is 0 Å². The molecule has 0 aromatic heterocycles. The highest BCUT2D eigenvalue weighted by molar-refractivity contribution is 5.85. The zero-order valence-corrected chi connectivity index (χ0v) is 11.4. The number of methoxy groups -OCH3 is 1. The summed E-state index contributed by atoms with van der Waals surface area (Å²) >= 11 is 0. The summed E-state index contributed by atoms with van der Waals surface area (Å²) in [5.74, 6) is 0.867. The zero-order chi connectivity index (χ0) is 12.3. The molecule has 96 valence electrons. The van der Waals surface area contributed by atoms with Crippen molar-refractivity contribution in [2.75, 3.05) is 7.11 Å². The molecule has 2 aromatic carbocycles. The van der Waals surface area contributed by atoms with E-state index in [4.69, 9.17) is 10.5 Å². The van der Waals surface area contributed by atoms with E-state index in [1.807, 2.05) is 48.5 Å². The van der Waals surface area contributed by atoms with E-state index in [1.54, 1.807) is 7.11 Å². The summed E-state index contributed by atoms with van der Waals surface area (Å²) in [6.07, 6.45) is 0. The second-order valence-corrected chi connectivity index (χ2v) is 4.11. The van der Waals surface area contributed by atoms with Crippen molar-refractivity contribution in [3.63, 3.8) is 0 Å². The maximum Gasteiger partial charge on any atom is 0.119 e. The molecular weight excluding hydrogens is 246 g/mol. The fraction of sp³-hybridized carbons (Fsp3) is 0.200. The first kappa shape index (κ1) is 14.6. The van der Waals surface area contributed by atoms with E-state index in [1.165, 1.54) is 0 Å². The summed E-state index contributed by atoms with van der Waals surface area (Å²) in [6.45, 7) is 2.06. The highest BCUT2D eigenvalue weighted by atomic mass is 35.5. The monoisotopic (exact) mass is 263 g/mol. The first-order chi connectivity index (χ1) is 8.22. The minimum Gasteiger partial charge on any atom is -0.497 e. The second-order valence-electron chi connectivity index (χ2n) is 4.11. The molecule has 1 unspecified atom stereocenters. The molecule has 0 saturated heterocycles. The zero-order valence-electron chi connectivity index (χ0n) is 10.6. The van der Waals surface area contributed by atoms with Crippen LogP contribution in [-0.4, -0.2) is 7.11 Å². The number of hydrogen-bond donors (Lipinski definition) is 1. The number of halogens is 1. The van der Waals surface area contributed by atoms with Gasteiger partial charge in [-0.3, -0.25) is 0 Å². The Hall–Kier alpha value is -1.51. The van der Waals surface area contributed by atoms with Gasteiger partial charge in [-0.15, -0.1) is 12.4 Å². The molecule has 0 aliphatic rings. The Morgan fingerprint density at radius 1 is 1.06 bits per heavy atom. The van der Waals surface area contributed by atoms with Crippen molar-refractivity contribution in [1.29, 1.82) is 0 Å². The van der Waals surface area contributed by atoms with E-state index in [0.717, 1.165) is 22.4 Å². The van der Waals surface area contributed by atoms with E-state index >= 15 is 0 Å². The third-order valence-electron chi connectivity index (χ3n) is 2.97. The molecule has 0 heterocycles. The second kappa shape index (κ2) is 6.43. The Morgan fingerprint density at radius 3 is 2.28 bits per heavy atom. The van der Waals surface area contributed by atoms with Crippen LogP contribution in [0.4, 0.5) is 0 Å². The minimum atomic E-state index is -0.0814. The third kappa shape index (κ3) is 3.03. The van der Waals surface area contributed by atoms with Gasteiger partial charge in [0.1, 0.15) is 5.75 Å². The largest absolute Gasteiger partial charge is 0.497 e. The van der Waals surface area contributed by atoms with Gasteiger partial charge in [0, 0.05) is 0 Å². The summed E-state index contributed by atoms with van der Waals surface area (Å²) in [6, 6.07) is 16.0. The SMILES string of the molecule is COc1ccc(C(N)c2ccccc2)c(C)c1.Cl. The van der Waals surface area contributed by atoms with Crippen molar-refractivity contribution < 1.29 is 4.74 Å². The van der Waals surface area contributed by atoms with E-state index < -0.39 is 0 Å².